The maximum atomic E-state index is 11.8. The molecule has 0 radical (unpaired) electrons. The average Bonchev–Trinajstić information content (AvgIpc) is 2.23. The number of Topliss-reactive ketones (excluding diaryl/α,β-unsaturated/α-hetero) is 1. The first-order valence-electron chi connectivity index (χ1n) is 4.15. The Kier molecular flexibility index (Phi) is 4.54. The van der Waals surface area contributed by atoms with Crippen molar-refractivity contribution in [1.29, 1.82) is 0 Å². The van der Waals surface area contributed by atoms with Gasteiger partial charge in [-0.25, -0.2) is 0 Å². The van der Waals surface area contributed by atoms with Gasteiger partial charge in [-0.15, -0.1) is 0 Å². The largest absolute Gasteiger partial charge is 0.349 e. The molecule has 1 aromatic rings. The van der Waals surface area contributed by atoms with E-state index >= 15 is 0 Å². The topological polar surface area (TPSA) is 35.5 Å². The van der Waals surface area contributed by atoms with Crippen molar-refractivity contribution in [3.63, 3.8) is 0 Å². The third-order valence-electron chi connectivity index (χ3n) is 1.86. The summed E-state index contributed by atoms with van der Waals surface area (Å²) in [5.41, 5.74) is 0.290. The summed E-state index contributed by atoms with van der Waals surface area (Å²) in [5, 5.41) is 0.539. The molecule has 0 bridgehead atoms. The molecule has 0 spiro atoms. The molecule has 0 amide bonds. The first kappa shape index (κ1) is 12.5. The third-order valence-corrected chi connectivity index (χ3v) is 2.68. The monoisotopic (exact) mass is 248 g/mol. The molecule has 0 aliphatic carbocycles. The minimum atomic E-state index is -0.957. The van der Waals surface area contributed by atoms with E-state index < -0.39 is 6.29 Å². The van der Waals surface area contributed by atoms with Crippen LogP contribution in [0.15, 0.2) is 18.2 Å². The summed E-state index contributed by atoms with van der Waals surface area (Å²) < 4.78 is 9.67. The van der Waals surface area contributed by atoms with Gasteiger partial charge in [-0.1, -0.05) is 29.3 Å². The van der Waals surface area contributed by atoms with Gasteiger partial charge in [-0.2, -0.15) is 0 Å². The second-order valence-corrected chi connectivity index (χ2v) is 3.55. The van der Waals surface area contributed by atoms with E-state index in [1.165, 1.54) is 14.2 Å². The number of ketones is 1. The number of benzene rings is 1. The average molecular weight is 249 g/mol. The summed E-state index contributed by atoms with van der Waals surface area (Å²) in [6, 6.07) is 4.82. The number of rotatable bonds is 4. The van der Waals surface area contributed by atoms with Gasteiger partial charge in [0.2, 0.25) is 12.1 Å². The van der Waals surface area contributed by atoms with Crippen LogP contribution in [0.3, 0.4) is 0 Å². The summed E-state index contributed by atoms with van der Waals surface area (Å²) >= 11 is 11.7. The van der Waals surface area contributed by atoms with Gasteiger partial charge in [0, 0.05) is 19.8 Å². The van der Waals surface area contributed by atoms with Gasteiger partial charge in [-0.05, 0) is 12.1 Å². The van der Waals surface area contributed by atoms with E-state index in [0.717, 1.165) is 0 Å². The highest BCUT2D eigenvalue weighted by Gasteiger charge is 2.22. The molecule has 0 unspecified atom stereocenters. The minimum Gasteiger partial charge on any atom is -0.349 e. The molecule has 0 atom stereocenters. The quantitative estimate of drug-likeness (QED) is 0.608. The zero-order valence-corrected chi connectivity index (χ0v) is 9.80. The first-order valence-corrected chi connectivity index (χ1v) is 4.91. The molecule has 0 aromatic heterocycles. The van der Waals surface area contributed by atoms with Crippen LogP contribution in [0, 0.1) is 0 Å². The highest BCUT2D eigenvalue weighted by Crippen LogP contribution is 2.26. The number of carbonyl (C=O) groups is 1. The van der Waals surface area contributed by atoms with Crippen LogP contribution >= 0.6 is 23.2 Å². The fourth-order valence-electron chi connectivity index (χ4n) is 1.13. The maximum Gasteiger partial charge on any atom is 0.222 e. The third kappa shape index (κ3) is 2.69. The molecule has 0 aliphatic heterocycles. The lowest BCUT2D eigenvalue weighted by Gasteiger charge is -2.13. The molecule has 15 heavy (non-hydrogen) atoms. The lowest BCUT2D eigenvalue weighted by Crippen LogP contribution is -2.25. The summed E-state index contributed by atoms with van der Waals surface area (Å²) in [7, 11) is 2.76. The standard InChI is InChI=1S/C10H10Cl2O3/c1-14-10(15-2)9(13)6-4-3-5-7(11)8(6)12/h3-5,10H,1-2H3. The highest BCUT2D eigenvalue weighted by atomic mass is 35.5. The van der Waals surface area contributed by atoms with E-state index in [1.807, 2.05) is 0 Å². The Morgan fingerprint density at radius 3 is 2.40 bits per heavy atom. The molecule has 0 aliphatic rings. The predicted octanol–water partition coefficient (Wildman–Crippen LogP) is 2.80. The van der Waals surface area contributed by atoms with Gasteiger partial charge < -0.3 is 9.47 Å². The van der Waals surface area contributed by atoms with Crippen LogP contribution < -0.4 is 0 Å². The number of halogens is 2. The smallest absolute Gasteiger partial charge is 0.222 e. The van der Waals surface area contributed by atoms with Crippen molar-refractivity contribution in [2.24, 2.45) is 0 Å². The van der Waals surface area contributed by atoms with Gasteiger partial charge in [0.15, 0.2) is 0 Å². The Hall–Kier alpha value is -0.610. The molecule has 0 saturated heterocycles. The molecule has 1 aromatic carbocycles. The second kappa shape index (κ2) is 5.47. The summed E-state index contributed by atoms with van der Waals surface area (Å²) in [6.07, 6.45) is -0.957. The first-order chi connectivity index (χ1) is 7.11. The van der Waals surface area contributed by atoms with Crippen molar-refractivity contribution < 1.29 is 14.3 Å². The molecule has 3 nitrogen and oxygen atoms in total. The van der Waals surface area contributed by atoms with E-state index in [1.54, 1.807) is 18.2 Å². The summed E-state index contributed by atoms with van der Waals surface area (Å²) in [6.45, 7) is 0. The Balaban J connectivity index is 3.05. The van der Waals surface area contributed by atoms with Gasteiger partial charge in [0.1, 0.15) is 0 Å². The van der Waals surface area contributed by atoms with Crippen molar-refractivity contribution in [2.45, 2.75) is 6.29 Å². The molecule has 1 rings (SSSR count). The SMILES string of the molecule is COC(OC)C(=O)c1cccc(Cl)c1Cl. The molecule has 82 valence electrons. The van der Waals surface area contributed by atoms with Crippen molar-refractivity contribution in [3.05, 3.63) is 33.8 Å². The zero-order chi connectivity index (χ0) is 11.4. The van der Waals surface area contributed by atoms with Crippen LogP contribution in [0.5, 0.6) is 0 Å². The number of hydrogen-bond donors (Lipinski definition) is 0. The Morgan fingerprint density at radius 2 is 1.87 bits per heavy atom. The molecule has 0 N–H and O–H groups in total. The maximum absolute atomic E-state index is 11.8. The van der Waals surface area contributed by atoms with Crippen LogP contribution in [0.4, 0.5) is 0 Å². The molecule has 0 saturated carbocycles. The van der Waals surface area contributed by atoms with Crippen molar-refractivity contribution >= 4 is 29.0 Å². The van der Waals surface area contributed by atoms with Crippen LogP contribution in [0.2, 0.25) is 10.0 Å². The van der Waals surface area contributed by atoms with Gasteiger partial charge in [-0.3, -0.25) is 4.79 Å². The number of methoxy groups -OCH3 is 2. The van der Waals surface area contributed by atoms with E-state index in [4.69, 9.17) is 32.7 Å². The lowest BCUT2D eigenvalue weighted by atomic mass is 10.1. The van der Waals surface area contributed by atoms with Gasteiger partial charge >= 0.3 is 0 Å². The van der Waals surface area contributed by atoms with Gasteiger partial charge in [0.25, 0.3) is 0 Å². The molecule has 5 heteroatoms. The van der Waals surface area contributed by atoms with Crippen LogP contribution in [0.1, 0.15) is 10.4 Å². The summed E-state index contributed by atoms with van der Waals surface area (Å²) in [5.74, 6) is -0.354. The van der Waals surface area contributed by atoms with Gasteiger partial charge in [0.05, 0.1) is 10.0 Å². The number of hydrogen-bond acceptors (Lipinski definition) is 3. The van der Waals surface area contributed by atoms with Crippen LogP contribution in [-0.2, 0) is 9.47 Å². The Bertz CT molecular complexity index is 362. The second-order valence-electron chi connectivity index (χ2n) is 2.77. The minimum absolute atomic E-state index is 0.211. The van der Waals surface area contributed by atoms with E-state index in [-0.39, 0.29) is 16.4 Å². The van der Waals surface area contributed by atoms with Crippen molar-refractivity contribution in [2.75, 3.05) is 14.2 Å². The summed E-state index contributed by atoms with van der Waals surface area (Å²) in [4.78, 5) is 11.8. The highest BCUT2D eigenvalue weighted by molar-refractivity contribution is 6.44. The van der Waals surface area contributed by atoms with E-state index in [9.17, 15) is 4.79 Å². The molecule has 0 heterocycles. The van der Waals surface area contributed by atoms with E-state index in [0.29, 0.717) is 5.02 Å². The Labute approximate surface area is 97.9 Å². The van der Waals surface area contributed by atoms with Crippen molar-refractivity contribution in [1.82, 2.24) is 0 Å². The molecular formula is C10H10Cl2O3. The Morgan fingerprint density at radius 1 is 1.27 bits per heavy atom. The number of carbonyl (C=O) groups excluding carboxylic acids is 1. The van der Waals surface area contributed by atoms with Crippen molar-refractivity contribution in [3.8, 4) is 0 Å². The number of ether oxygens (including phenoxy) is 2. The fraction of sp³-hybridized carbons (Fsp3) is 0.300. The molecule has 0 fully saturated rings. The molecular weight excluding hydrogens is 239 g/mol. The lowest BCUT2D eigenvalue weighted by molar-refractivity contribution is -0.0742. The zero-order valence-electron chi connectivity index (χ0n) is 8.29. The van der Waals surface area contributed by atoms with E-state index in [2.05, 4.69) is 0 Å². The van der Waals surface area contributed by atoms with Crippen LogP contribution in [-0.4, -0.2) is 26.3 Å². The predicted molar refractivity (Wildman–Crippen MR) is 58.6 cm³/mol. The van der Waals surface area contributed by atoms with Crippen LogP contribution in [0.25, 0.3) is 0 Å². The normalized spacial score (nSPS) is 10.7. The fourth-order valence-corrected chi connectivity index (χ4v) is 1.53.